The minimum Gasteiger partial charge on any atom is -0.871 e. The third kappa shape index (κ3) is 6.37. The van der Waals surface area contributed by atoms with Crippen molar-refractivity contribution < 1.29 is 34.2 Å². The molecule has 0 fully saturated rings. The Kier molecular flexibility index (Phi) is 9.24. The summed E-state index contributed by atoms with van der Waals surface area (Å²) >= 11 is 0. The summed E-state index contributed by atoms with van der Waals surface area (Å²) in [4.78, 5) is 49.1. The highest BCUT2D eigenvalue weighted by atomic mass is 16.6. The lowest BCUT2D eigenvalue weighted by Gasteiger charge is -2.33. The largest absolute Gasteiger partial charge is 0.871 e. The van der Waals surface area contributed by atoms with Gasteiger partial charge in [-0.05, 0) is 61.4 Å². The van der Waals surface area contributed by atoms with E-state index in [-0.39, 0.29) is 24.1 Å². The molecule has 12 heteroatoms. The summed E-state index contributed by atoms with van der Waals surface area (Å²) in [5.41, 5.74) is 3.49. The van der Waals surface area contributed by atoms with Gasteiger partial charge in [-0.25, -0.2) is 0 Å². The van der Waals surface area contributed by atoms with Gasteiger partial charge >= 0.3 is 5.97 Å². The number of carboxylic acids is 1. The van der Waals surface area contributed by atoms with Crippen LogP contribution >= 0.6 is 0 Å². The molecule has 0 amide bonds. The van der Waals surface area contributed by atoms with Crippen LogP contribution in [-0.4, -0.2) is 43.5 Å². The highest BCUT2D eigenvalue weighted by Gasteiger charge is 2.47. The molecule has 3 aliphatic rings. The number of non-ortho nitro benzene ring substituents is 2. The van der Waals surface area contributed by atoms with Gasteiger partial charge in [-0.2, -0.15) is 4.58 Å². The molecular weight excluding hydrogens is 700 g/mol. The Morgan fingerprint density at radius 2 is 1.51 bits per heavy atom. The van der Waals surface area contributed by atoms with Crippen LogP contribution in [0.4, 0.5) is 22.7 Å². The Morgan fingerprint density at radius 1 is 0.836 bits per heavy atom. The number of fused-ring (bicyclic) bond motifs is 4. The summed E-state index contributed by atoms with van der Waals surface area (Å²) in [5.74, 6) is -1.64. The number of aliphatic carboxylic acids is 1. The number of carboxylic acid groups (broad SMARTS) is 1. The summed E-state index contributed by atoms with van der Waals surface area (Å²) in [6, 6.07) is 23.3. The average Bonchev–Trinajstić information content (AvgIpc) is 3.50. The van der Waals surface area contributed by atoms with Crippen LogP contribution in [0.5, 0.6) is 0 Å². The van der Waals surface area contributed by atoms with Gasteiger partial charge < -0.3 is 15.1 Å². The van der Waals surface area contributed by atoms with Gasteiger partial charge in [-0.15, -0.1) is 0 Å². The first-order chi connectivity index (χ1) is 26.1. The number of carbonyl (C=O) groups excluding carboxylic acids is 1. The van der Waals surface area contributed by atoms with Crippen LogP contribution in [0.25, 0.3) is 10.8 Å². The lowest BCUT2D eigenvalue weighted by Crippen LogP contribution is -2.35. The molecule has 12 nitrogen and oxygen atoms in total. The van der Waals surface area contributed by atoms with Crippen molar-refractivity contribution >= 4 is 51.0 Å². The topological polar surface area (TPSA) is 170 Å². The summed E-state index contributed by atoms with van der Waals surface area (Å²) < 4.78 is 2.18. The molecule has 0 radical (unpaired) electrons. The average molecular weight is 741 g/mol. The van der Waals surface area contributed by atoms with Gasteiger partial charge in [-0.3, -0.25) is 29.8 Å². The molecule has 1 N–H and O–H groups in total. The van der Waals surface area contributed by atoms with Crippen molar-refractivity contribution in [3.8, 4) is 0 Å². The Balaban J connectivity index is 1.31. The second-order valence-electron chi connectivity index (χ2n) is 15.3. The molecule has 0 saturated carbocycles. The molecular formula is C43H40N4O8. The molecule has 0 unspecified atom stereocenters. The van der Waals surface area contributed by atoms with Crippen molar-refractivity contribution in [2.45, 2.75) is 70.8 Å². The van der Waals surface area contributed by atoms with E-state index in [0.717, 1.165) is 45.1 Å². The number of unbranched alkanes of at least 4 members (excludes halogenated alkanes) is 2. The number of para-hydroxylation sites is 1. The van der Waals surface area contributed by atoms with Crippen LogP contribution in [0.3, 0.4) is 0 Å². The first-order valence-corrected chi connectivity index (χ1v) is 18.2. The number of nitro groups is 2. The van der Waals surface area contributed by atoms with Crippen molar-refractivity contribution in [3.63, 3.8) is 0 Å². The first kappa shape index (κ1) is 36.9. The quantitative estimate of drug-likeness (QED) is 0.0503. The van der Waals surface area contributed by atoms with E-state index in [4.69, 9.17) is 5.11 Å². The predicted octanol–water partition coefficient (Wildman–Crippen LogP) is 7.68. The van der Waals surface area contributed by atoms with E-state index in [9.17, 15) is 34.9 Å². The fraction of sp³-hybridized carbons (Fsp3) is 0.279. The molecule has 280 valence electrons. The van der Waals surface area contributed by atoms with Gasteiger partial charge in [0.2, 0.25) is 5.69 Å². The Hall–Kier alpha value is -6.43. The molecule has 1 aliphatic carbocycles. The third-order valence-corrected chi connectivity index (χ3v) is 11.1. The summed E-state index contributed by atoms with van der Waals surface area (Å²) in [7, 11) is 0. The maximum Gasteiger partial charge on any atom is 0.303 e. The van der Waals surface area contributed by atoms with E-state index in [1.807, 2.05) is 61.2 Å². The van der Waals surface area contributed by atoms with E-state index in [1.54, 1.807) is 12.2 Å². The zero-order chi connectivity index (χ0) is 39.4. The molecule has 2 heterocycles. The van der Waals surface area contributed by atoms with Crippen LogP contribution in [-0.2, 0) is 27.0 Å². The molecule has 0 spiro atoms. The second kappa shape index (κ2) is 13.8. The highest BCUT2D eigenvalue weighted by molar-refractivity contribution is 6.24. The molecule has 0 aromatic heterocycles. The number of benzene rings is 4. The van der Waals surface area contributed by atoms with E-state index in [0.29, 0.717) is 37.1 Å². The van der Waals surface area contributed by atoms with Crippen LogP contribution in [0.15, 0.2) is 114 Å². The summed E-state index contributed by atoms with van der Waals surface area (Å²) in [6.07, 6.45) is 5.37. The zero-order valence-corrected chi connectivity index (χ0v) is 31.0. The molecule has 4 aromatic carbocycles. The maximum atomic E-state index is 14.1. The van der Waals surface area contributed by atoms with Crippen LogP contribution in [0.1, 0.15) is 70.1 Å². The fourth-order valence-corrected chi connectivity index (χ4v) is 8.24. The maximum absolute atomic E-state index is 14.1. The number of ketones is 1. The first-order valence-electron chi connectivity index (χ1n) is 18.2. The van der Waals surface area contributed by atoms with Crippen molar-refractivity contribution in [1.82, 2.24) is 0 Å². The second-order valence-corrected chi connectivity index (χ2v) is 15.3. The minimum atomic E-state index is -0.833. The number of anilines is 1. The summed E-state index contributed by atoms with van der Waals surface area (Å²) in [6.45, 7) is 8.67. The van der Waals surface area contributed by atoms with Gasteiger partial charge in [0.25, 0.3) is 11.4 Å². The predicted molar refractivity (Wildman–Crippen MR) is 206 cm³/mol. The number of nitro benzene ring substituents is 2. The zero-order valence-electron chi connectivity index (χ0n) is 31.0. The summed E-state index contributed by atoms with van der Waals surface area (Å²) in [5, 5.41) is 48.7. The number of allylic oxidation sites excluding steroid dienone is 5. The fourth-order valence-electron chi connectivity index (χ4n) is 8.24. The van der Waals surface area contributed by atoms with Crippen LogP contribution < -0.4 is 10.0 Å². The Bertz CT molecular complexity index is 2440. The normalized spacial score (nSPS) is 18.3. The van der Waals surface area contributed by atoms with Crippen molar-refractivity contribution in [2.24, 2.45) is 0 Å². The van der Waals surface area contributed by atoms with Gasteiger partial charge in [0.1, 0.15) is 6.54 Å². The molecule has 0 bridgehead atoms. The molecule has 0 saturated heterocycles. The van der Waals surface area contributed by atoms with Gasteiger partial charge in [0, 0.05) is 71.1 Å². The molecule has 7 rings (SSSR count). The van der Waals surface area contributed by atoms with Crippen LogP contribution in [0, 0.1) is 20.2 Å². The molecule has 0 atom stereocenters. The smallest absolute Gasteiger partial charge is 0.303 e. The Labute approximate surface area is 317 Å². The number of nitrogens with zero attached hydrogens (tertiary/aromatic N) is 4. The van der Waals surface area contributed by atoms with E-state index in [1.165, 1.54) is 12.1 Å². The number of hydrogen-bond acceptors (Lipinski definition) is 8. The molecule has 2 aliphatic heterocycles. The Morgan fingerprint density at radius 3 is 2.18 bits per heavy atom. The van der Waals surface area contributed by atoms with Crippen molar-refractivity contribution in [1.29, 1.82) is 0 Å². The number of rotatable bonds is 12. The van der Waals surface area contributed by atoms with Gasteiger partial charge in [0.05, 0.1) is 26.7 Å². The third-order valence-electron chi connectivity index (χ3n) is 11.1. The van der Waals surface area contributed by atoms with E-state index >= 15 is 0 Å². The highest BCUT2D eigenvalue weighted by Crippen LogP contribution is 2.50. The van der Waals surface area contributed by atoms with E-state index in [2.05, 4.69) is 36.6 Å². The lowest BCUT2D eigenvalue weighted by molar-refractivity contribution is -0.436. The number of carbonyl (C=O) groups is 2. The van der Waals surface area contributed by atoms with Crippen molar-refractivity contribution in [3.05, 3.63) is 151 Å². The number of hydrogen-bond donors (Lipinski definition) is 1. The van der Waals surface area contributed by atoms with Crippen LogP contribution in [0.2, 0.25) is 0 Å². The lowest BCUT2D eigenvalue weighted by atomic mass is 9.77. The van der Waals surface area contributed by atoms with Gasteiger partial charge in [-0.1, -0.05) is 68.1 Å². The monoisotopic (exact) mass is 740 g/mol. The SMILES string of the molecule is CC1(C)C(/C=C2\C(=O)C(/C=C3/N(Cc4cc([N+](=O)[O-])cc([N+](=O)[O-])c4)c4ccccc4C3(C)C)=C2[O-])=[N+](CCCCCC(=O)O)c2c1ccc1ccccc21. The molecule has 4 aromatic rings. The van der Waals surface area contributed by atoms with Gasteiger partial charge in [0.15, 0.2) is 11.5 Å². The van der Waals surface area contributed by atoms with E-state index < -0.39 is 49.6 Å². The standard InChI is InChI=1S/C43H40N4O8/c1-42(2)33-14-9-10-15-35(33)45(25-26-20-28(46(52)53)22-29(21-26)47(54)55)37(42)24-32-40(50)31(41(32)51)23-36-43(3,4)34-18-17-27-12-7-8-13-30(27)39(34)44(36)19-11-5-6-16-38(48)49/h7-10,12-15,17-18,20-24H,5-6,11,16,19,25H2,1-4H3,(H-,48,49,50,51). The number of Topliss-reactive ketones (excluding diaryl/α,β-unsaturated/α-hetero) is 1. The minimum absolute atomic E-state index is 0.0109. The molecule has 55 heavy (non-hydrogen) atoms. The van der Waals surface area contributed by atoms with Crippen molar-refractivity contribution in [2.75, 3.05) is 11.4 Å².